The van der Waals surface area contributed by atoms with Crippen molar-refractivity contribution in [3.63, 3.8) is 0 Å². The zero-order chi connectivity index (χ0) is 18.0. The predicted molar refractivity (Wildman–Crippen MR) is 84.9 cm³/mol. The second-order valence-electron chi connectivity index (χ2n) is 5.43. The molecule has 0 spiro atoms. The van der Waals surface area contributed by atoms with Gasteiger partial charge in [0, 0.05) is 5.02 Å². The topological polar surface area (TPSA) is 60.2 Å². The Hall–Kier alpha value is -1.45. The number of alkyl halides is 3. The maximum atomic E-state index is 12.8. The van der Waals surface area contributed by atoms with E-state index in [1.54, 1.807) is 24.3 Å². The maximum Gasteiger partial charge on any atom is 0.442 e. The molecule has 0 bridgehead atoms. The number of rotatable bonds is 6. The van der Waals surface area contributed by atoms with E-state index < -0.39 is 22.6 Å². The van der Waals surface area contributed by atoms with Crippen molar-refractivity contribution in [1.29, 1.82) is 0 Å². The number of hydrogen-bond donors (Lipinski definition) is 1. The second-order valence-corrected chi connectivity index (χ2v) is 7.59. The van der Waals surface area contributed by atoms with E-state index in [4.69, 9.17) is 16.3 Å². The van der Waals surface area contributed by atoms with Crippen molar-refractivity contribution < 1.29 is 23.0 Å². The number of aromatic nitrogens is 3. The van der Waals surface area contributed by atoms with E-state index in [0.717, 1.165) is 4.68 Å². The summed E-state index contributed by atoms with van der Waals surface area (Å²) in [4.78, 5) is 3.75. The maximum absolute atomic E-state index is 12.8. The van der Waals surface area contributed by atoms with Gasteiger partial charge in [0.1, 0.15) is 24.5 Å². The van der Waals surface area contributed by atoms with Crippen LogP contribution < -0.4 is 4.74 Å². The molecule has 132 valence electrons. The summed E-state index contributed by atoms with van der Waals surface area (Å²) in [6.07, 6.45) is -0.257. The van der Waals surface area contributed by atoms with Crippen molar-refractivity contribution in [2.75, 3.05) is 0 Å². The van der Waals surface area contributed by atoms with Crippen LogP contribution in [0.25, 0.3) is 0 Å². The standard InChI is InChI=1S/C14H15ClF3N3O2S/c1-13(2,24-14(16,17)18)11(22)12(21-8-19-7-20-21)23-10-5-3-9(15)4-6-10/h3-8,11-12,22H,1-2H3. The quantitative estimate of drug-likeness (QED) is 0.822. The van der Waals surface area contributed by atoms with Crippen LogP contribution in [0.1, 0.15) is 20.1 Å². The van der Waals surface area contributed by atoms with Crippen LogP contribution in [-0.2, 0) is 0 Å². The third-order valence-electron chi connectivity index (χ3n) is 3.13. The first-order valence-electron chi connectivity index (χ1n) is 6.80. The van der Waals surface area contributed by atoms with E-state index in [1.807, 2.05) is 0 Å². The van der Waals surface area contributed by atoms with Gasteiger partial charge in [0.2, 0.25) is 6.23 Å². The van der Waals surface area contributed by atoms with Crippen LogP contribution in [-0.4, -0.2) is 36.2 Å². The minimum absolute atomic E-state index is 0.307. The molecular formula is C14H15ClF3N3O2S. The van der Waals surface area contributed by atoms with E-state index in [-0.39, 0.29) is 11.8 Å². The van der Waals surface area contributed by atoms with Crippen molar-refractivity contribution in [2.45, 2.75) is 36.4 Å². The highest BCUT2D eigenvalue weighted by molar-refractivity contribution is 8.01. The molecule has 5 nitrogen and oxygen atoms in total. The number of hydrogen-bond acceptors (Lipinski definition) is 5. The van der Waals surface area contributed by atoms with E-state index in [2.05, 4.69) is 10.1 Å². The zero-order valence-electron chi connectivity index (χ0n) is 12.7. The van der Waals surface area contributed by atoms with Gasteiger partial charge in [-0.2, -0.15) is 18.3 Å². The van der Waals surface area contributed by atoms with Crippen LogP contribution in [0, 0.1) is 0 Å². The van der Waals surface area contributed by atoms with E-state index in [0.29, 0.717) is 10.8 Å². The van der Waals surface area contributed by atoms with Gasteiger partial charge in [-0.3, -0.25) is 0 Å². The Morgan fingerprint density at radius 1 is 1.25 bits per heavy atom. The Balaban J connectivity index is 2.27. The Morgan fingerprint density at radius 2 is 1.88 bits per heavy atom. The third-order valence-corrected chi connectivity index (χ3v) is 4.38. The van der Waals surface area contributed by atoms with Crippen molar-refractivity contribution >= 4 is 23.4 Å². The number of thioether (sulfide) groups is 1. The van der Waals surface area contributed by atoms with Gasteiger partial charge in [-0.15, -0.1) is 0 Å². The Morgan fingerprint density at radius 3 is 2.38 bits per heavy atom. The molecule has 2 unspecified atom stereocenters. The molecule has 0 aliphatic carbocycles. The fourth-order valence-corrected chi connectivity index (χ4v) is 2.93. The van der Waals surface area contributed by atoms with Crippen molar-refractivity contribution in [1.82, 2.24) is 14.8 Å². The summed E-state index contributed by atoms with van der Waals surface area (Å²) in [7, 11) is 0. The summed E-state index contributed by atoms with van der Waals surface area (Å²) in [5.41, 5.74) is -4.50. The number of ether oxygens (including phenoxy) is 1. The van der Waals surface area contributed by atoms with Crippen molar-refractivity contribution in [3.05, 3.63) is 41.9 Å². The minimum atomic E-state index is -4.50. The highest BCUT2D eigenvalue weighted by atomic mass is 35.5. The van der Waals surface area contributed by atoms with Gasteiger partial charge in [-0.05, 0) is 49.9 Å². The highest BCUT2D eigenvalue weighted by Gasteiger charge is 2.46. The van der Waals surface area contributed by atoms with E-state index in [9.17, 15) is 18.3 Å². The van der Waals surface area contributed by atoms with Crippen LogP contribution in [0.4, 0.5) is 13.2 Å². The lowest BCUT2D eigenvalue weighted by Crippen LogP contribution is -2.44. The van der Waals surface area contributed by atoms with Crippen molar-refractivity contribution in [3.8, 4) is 5.75 Å². The smallest absolute Gasteiger partial charge is 0.442 e. The summed E-state index contributed by atoms with van der Waals surface area (Å²) in [5, 5.41) is 14.9. The highest BCUT2D eigenvalue weighted by Crippen LogP contribution is 2.44. The molecule has 2 atom stereocenters. The molecule has 1 aromatic carbocycles. The van der Waals surface area contributed by atoms with Gasteiger partial charge in [0.15, 0.2) is 0 Å². The molecular weight excluding hydrogens is 367 g/mol. The Labute approximate surface area is 145 Å². The number of benzene rings is 1. The molecule has 0 radical (unpaired) electrons. The van der Waals surface area contributed by atoms with Crippen LogP contribution >= 0.6 is 23.4 Å². The summed E-state index contributed by atoms with van der Waals surface area (Å²) in [6.45, 7) is 2.57. The van der Waals surface area contributed by atoms with Crippen LogP contribution in [0.3, 0.4) is 0 Å². The molecule has 10 heteroatoms. The minimum Gasteiger partial charge on any atom is -0.466 e. The molecule has 24 heavy (non-hydrogen) atoms. The van der Waals surface area contributed by atoms with Gasteiger partial charge in [-0.25, -0.2) is 9.67 Å². The Bertz CT molecular complexity index is 650. The van der Waals surface area contributed by atoms with Crippen molar-refractivity contribution in [2.24, 2.45) is 0 Å². The van der Waals surface area contributed by atoms with Gasteiger partial charge in [0.25, 0.3) is 0 Å². The lowest BCUT2D eigenvalue weighted by Gasteiger charge is -2.35. The number of halogens is 4. The van der Waals surface area contributed by atoms with E-state index >= 15 is 0 Å². The zero-order valence-corrected chi connectivity index (χ0v) is 14.3. The molecule has 0 fully saturated rings. The first-order chi connectivity index (χ1) is 11.1. The van der Waals surface area contributed by atoms with Gasteiger partial charge < -0.3 is 9.84 Å². The second kappa shape index (κ2) is 7.20. The van der Waals surface area contributed by atoms with Crippen LogP contribution in [0.5, 0.6) is 5.75 Å². The fraction of sp³-hybridized carbons (Fsp3) is 0.429. The summed E-state index contributed by atoms with van der Waals surface area (Å²) in [5.74, 6) is 0.326. The van der Waals surface area contributed by atoms with Crippen LogP contribution in [0.15, 0.2) is 36.9 Å². The molecule has 0 saturated carbocycles. The molecule has 1 N–H and O–H groups in total. The predicted octanol–water partition coefficient (Wildman–Crippen LogP) is 3.90. The first-order valence-corrected chi connectivity index (χ1v) is 7.99. The fourth-order valence-electron chi connectivity index (χ4n) is 1.97. The first kappa shape index (κ1) is 18.9. The molecule has 0 saturated heterocycles. The average molecular weight is 382 g/mol. The molecule has 2 aromatic rings. The molecule has 0 aliphatic rings. The summed E-state index contributed by atoms with van der Waals surface area (Å²) in [6, 6.07) is 6.22. The summed E-state index contributed by atoms with van der Waals surface area (Å²) < 4.78 is 43.5. The summed E-state index contributed by atoms with van der Waals surface area (Å²) >= 11 is 5.49. The monoisotopic (exact) mass is 381 g/mol. The van der Waals surface area contributed by atoms with Gasteiger partial charge >= 0.3 is 5.51 Å². The molecule has 2 rings (SSSR count). The number of nitrogens with zero attached hydrogens (tertiary/aromatic N) is 3. The SMILES string of the molecule is CC(C)(SC(F)(F)F)C(O)C(Oc1ccc(Cl)cc1)n1cncn1. The lowest BCUT2D eigenvalue weighted by molar-refractivity contribution is -0.0490. The molecule has 1 aromatic heterocycles. The largest absolute Gasteiger partial charge is 0.466 e. The van der Waals surface area contributed by atoms with Crippen LogP contribution in [0.2, 0.25) is 5.02 Å². The molecule has 1 heterocycles. The third kappa shape index (κ3) is 5.02. The van der Waals surface area contributed by atoms with Gasteiger partial charge in [-0.1, -0.05) is 11.6 Å². The molecule has 0 aliphatic heterocycles. The normalized spacial score (nSPS) is 15.1. The van der Waals surface area contributed by atoms with E-state index in [1.165, 1.54) is 26.5 Å². The Kier molecular flexibility index (Phi) is 5.67. The number of aliphatic hydroxyl groups excluding tert-OH is 1. The average Bonchev–Trinajstić information content (AvgIpc) is 2.97. The molecule has 0 amide bonds. The lowest BCUT2D eigenvalue weighted by atomic mass is 10.0. The van der Waals surface area contributed by atoms with Gasteiger partial charge in [0.05, 0.1) is 4.75 Å². The number of aliphatic hydroxyl groups is 1.